The van der Waals surface area contributed by atoms with Gasteiger partial charge in [0.15, 0.2) is 0 Å². The van der Waals surface area contributed by atoms with Crippen LogP contribution in [0, 0.1) is 0 Å². The van der Waals surface area contributed by atoms with E-state index in [1.807, 2.05) is 12.1 Å². The highest BCUT2D eigenvalue weighted by atomic mass is 32.2. The van der Waals surface area contributed by atoms with Crippen molar-refractivity contribution in [1.82, 2.24) is 0 Å². The molecule has 0 radical (unpaired) electrons. The van der Waals surface area contributed by atoms with Crippen molar-refractivity contribution in [3.63, 3.8) is 0 Å². The number of allylic oxidation sites excluding steroid dienone is 1. The van der Waals surface area contributed by atoms with Crippen LogP contribution in [0.25, 0.3) is 16.8 Å². The van der Waals surface area contributed by atoms with Gasteiger partial charge in [-0.05, 0) is 66.2 Å². The maximum Gasteiger partial charge on any atom is 0.296 e. The molecule has 46 heavy (non-hydrogen) atoms. The number of hydrogen-bond acceptors (Lipinski definition) is 10. The Morgan fingerprint density at radius 1 is 0.652 bits per heavy atom. The van der Waals surface area contributed by atoms with E-state index in [9.17, 15) is 30.7 Å². The molecule has 1 aliphatic carbocycles. The summed E-state index contributed by atoms with van der Waals surface area (Å²) >= 11 is 0. The van der Waals surface area contributed by atoms with Crippen LogP contribution in [-0.4, -0.2) is 37.4 Å². The zero-order valence-electron chi connectivity index (χ0n) is 23.6. The van der Waals surface area contributed by atoms with Crippen LogP contribution in [0.4, 0.5) is 28.4 Å². The summed E-state index contributed by atoms with van der Waals surface area (Å²) in [6, 6.07) is 27.6. The van der Waals surface area contributed by atoms with Crippen molar-refractivity contribution < 1.29 is 30.7 Å². The fourth-order valence-corrected chi connectivity index (χ4v) is 5.99. The third kappa shape index (κ3) is 6.45. The summed E-state index contributed by atoms with van der Waals surface area (Å²) in [5.74, 6) is -0.399. The average Bonchev–Trinajstić information content (AvgIpc) is 3.03. The van der Waals surface area contributed by atoms with Gasteiger partial charge in [-0.2, -0.15) is 27.1 Å². The fraction of sp³-hybridized carbons (Fsp3) is 0. The van der Waals surface area contributed by atoms with Gasteiger partial charge in [-0.1, -0.05) is 54.6 Å². The van der Waals surface area contributed by atoms with Crippen LogP contribution >= 0.6 is 0 Å². The number of hydrazone groups is 1. The Labute approximate surface area is 263 Å². The first-order valence-corrected chi connectivity index (χ1v) is 16.4. The highest BCUT2D eigenvalue weighted by molar-refractivity contribution is 7.86. The van der Waals surface area contributed by atoms with Gasteiger partial charge in [0.2, 0.25) is 5.78 Å². The zero-order valence-corrected chi connectivity index (χ0v) is 25.2. The third-order valence-electron chi connectivity index (χ3n) is 6.98. The summed E-state index contributed by atoms with van der Waals surface area (Å²) in [5.41, 5.74) is 5.72. The largest absolute Gasteiger partial charge is 0.354 e. The lowest BCUT2D eigenvalue weighted by molar-refractivity contribution is -0.108. The quantitative estimate of drug-likeness (QED) is 0.0784. The summed E-state index contributed by atoms with van der Waals surface area (Å²) in [4.78, 5) is 12.0. The number of nitrogens with zero attached hydrogens (tertiary/aromatic N) is 3. The highest BCUT2D eigenvalue weighted by Crippen LogP contribution is 2.35. The summed E-state index contributed by atoms with van der Waals surface area (Å²) in [5, 5.41) is 17.2. The molecule has 0 unspecified atom stereocenters. The predicted molar refractivity (Wildman–Crippen MR) is 175 cm³/mol. The van der Waals surface area contributed by atoms with E-state index in [1.54, 1.807) is 60.7 Å². The van der Waals surface area contributed by atoms with Crippen LogP contribution in [0.1, 0.15) is 11.1 Å². The van der Waals surface area contributed by atoms with E-state index in [4.69, 9.17) is 0 Å². The second-order valence-electron chi connectivity index (χ2n) is 10.0. The Bertz CT molecular complexity index is 2340. The minimum atomic E-state index is -4.60. The van der Waals surface area contributed by atoms with E-state index in [0.29, 0.717) is 39.0 Å². The smallest absolute Gasteiger partial charge is 0.296 e. The standard InChI is InChI=1S/C32H23N5O7S2/c38-30-17-10-20-18-23(45(39,40)41)12-13-24(20)32(30)37-36-28-16-15-27(25-8-4-5-9-26(25)28)35-34-22-11-14-29(31(19-22)46(42,43)44)33-21-6-2-1-3-7-21/h1-19,33,36H,(H,39,40,41)(H,42,43,44). The molecule has 5 aromatic carbocycles. The molecule has 0 atom stereocenters. The van der Waals surface area contributed by atoms with Gasteiger partial charge in [0.25, 0.3) is 20.2 Å². The number of para-hydroxylation sites is 1. The monoisotopic (exact) mass is 653 g/mol. The van der Waals surface area contributed by atoms with Gasteiger partial charge >= 0.3 is 0 Å². The molecule has 230 valence electrons. The highest BCUT2D eigenvalue weighted by Gasteiger charge is 2.22. The van der Waals surface area contributed by atoms with Crippen LogP contribution in [0.15, 0.2) is 134 Å². The van der Waals surface area contributed by atoms with Gasteiger partial charge in [-0.3, -0.25) is 19.3 Å². The molecule has 0 fully saturated rings. The molecule has 6 rings (SSSR count). The molecule has 0 aromatic heterocycles. The number of benzene rings is 5. The van der Waals surface area contributed by atoms with E-state index >= 15 is 0 Å². The number of rotatable bonds is 8. The lowest BCUT2D eigenvalue weighted by atomic mass is 9.95. The molecule has 12 nitrogen and oxygen atoms in total. The minimum absolute atomic E-state index is 0.0482. The van der Waals surface area contributed by atoms with Crippen LogP contribution in [0.2, 0.25) is 0 Å². The molecule has 0 bridgehead atoms. The van der Waals surface area contributed by atoms with Crippen molar-refractivity contribution in [3.8, 4) is 0 Å². The Kier molecular flexibility index (Phi) is 8.02. The van der Waals surface area contributed by atoms with Crippen molar-refractivity contribution in [3.05, 3.63) is 120 Å². The lowest BCUT2D eigenvalue weighted by Gasteiger charge is -2.14. The van der Waals surface area contributed by atoms with Crippen molar-refractivity contribution in [2.75, 3.05) is 10.7 Å². The van der Waals surface area contributed by atoms with Gasteiger partial charge < -0.3 is 5.32 Å². The molecular formula is C32H23N5O7S2. The van der Waals surface area contributed by atoms with Crippen LogP contribution in [-0.2, 0) is 25.0 Å². The molecule has 0 aliphatic heterocycles. The van der Waals surface area contributed by atoms with Crippen molar-refractivity contribution in [1.29, 1.82) is 0 Å². The number of azo groups is 1. The van der Waals surface area contributed by atoms with E-state index in [0.717, 1.165) is 0 Å². The molecule has 0 saturated heterocycles. The Morgan fingerprint density at radius 2 is 1.37 bits per heavy atom. The van der Waals surface area contributed by atoms with E-state index in [-0.39, 0.29) is 26.9 Å². The second kappa shape index (κ2) is 12.1. The number of ketones is 1. The first-order valence-electron chi connectivity index (χ1n) is 13.5. The lowest BCUT2D eigenvalue weighted by Crippen LogP contribution is -2.19. The van der Waals surface area contributed by atoms with Gasteiger partial charge in [0.1, 0.15) is 10.6 Å². The number of hydrogen-bond donors (Lipinski definition) is 4. The molecule has 0 saturated carbocycles. The number of carbonyl (C=O) groups excluding carboxylic acids is 1. The summed E-state index contributed by atoms with van der Waals surface area (Å²) in [7, 11) is -9.03. The molecule has 0 heterocycles. The molecule has 14 heteroatoms. The molecule has 4 N–H and O–H groups in total. The molecule has 1 aliphatic rings. The molecule has 5 aromatic rings. The maximum absolute atomic E-state index is 12.7. The summed E-state index contributed by atoms with van der Waals surface area (Å²) in [6.45, 7) is 0. The van der Waals surface area contributed by atoms with Crippen molar-refractivity contribution in [2.45, 2.75) is 9.79 Å². The molecule has 0 amide bonds. The SMILES string of the molecule is O=C1C=Cc2cc(S(=O)(=O)O)ccc2C1=NNc1ccc(N=Nc2ccc(Nc3ccccc3)c(S(=O)(=O)O)c2)c2ccccc12. The molecule has 0 spiro atoms. The fourth-order valence-electron chi connectivity index (χ4n) is 4.81. The predicted octanol–water partition coefficient (Wildman–Crippen LogP) is 6.90. The van der Waals surface area contributed by atoms with Crippen LogP contribution < -0.4 is 10.7 Å². The Morgan fingerprint density at radius 3 is 2.11 bits per heavy atom. The molecular weight excluding hydrogens is 631 g/mol. The first kappa shape index (κ1) is 30.5. The van der Waals surface area contributed by atoms with Gasteiger partial charge in [0.05, 0.1) is 27.6 Å². The minimum Gasteiger partial charge on any atom is -0.354 e. The number of fused-ring (bicyclic) bond motifs is 2. The van der Waals surface area contributed by atoms with Gasteiger partial charge in [-0.15, -0.1) is 5.11 Å². The number of nitrogens with one attached hydrogen (secondary N) is 2. The van der Waals surface area contributed by atoms with Gasteiger partial charge in [-0.25, -0.2) is 0 Å². The summed E-state index contributed by atoms with van der Waals surface area (Å²) < 4.78 is 66.7. The number of carbonyl (C=O) groups is 1. The van der Waals surface area contributed by atoms with Crippen LogP contribution in [0.5, 0.6) is 0 Å². The normalized spacial score (nSPS) is 14.1. The number of anilines is 3. The van der Waals surface area contributed by atoms with Crippen LogP contribution in [0.3, 0.4) is 0 Å². The first-order chi connectivity index (χ1) is 22.0. The maximum atomic E-state index is 12.7. The van der Waals surface area contributed by atoms with Crippen molar-refractivity contribution in [2.24, 2.45) is 15.3 Å². The summed E-state index contributed by atoms with van der Waals surface area (Å²) in [6.07, 6.45) is 2.71. The van der Waals surface area contributed by atoms with Gasteiger partial charge in [0, 0.05) is 22.0 Å². The topological polar surface area (TPSA) is 187 Å². The Hall–Kier alpha value is -5.54. The van der Waals surface area contributed by atoms with E-state index < -0.39 is 26.0 Å². The van der Waals surface area contributed by atoms with E-state index in [1.165, 1.54) is 42.5 Å². The Balaban J connectivity index is 1.30. The van der Waals surface area contributed by atoms with E-state index in [2.05, 4.69) is 26.1 Å². The average molecular weight is 654 g/mol. The zero-order chi connectivity index (χ0) is 32.5. The third-order valence-corrected chi connectivity index (χ3v) is 8.73. The second-order valence-corrected chi connectivity index (χ2v) is 12.8. The van der Waals surface area contributed by atoms with Crippen molar-refractivity contribution >= 4 is 77.0 Å².